The third kappa shape index (κ3) is 2.68. The number of carbonyl (C=O) groups excluding carboxylic acids is 2. The number of hydrogen-bond donors (Lipinski definition) is 0. The molecule has 1 saturated heterocycles. The van der Waals surface area contributed by atoms with Gasteiger partial charge in [0.1, 0.15) is 0 Å². The fourth-order valence-corrected chi connectivity index (χ4v) is 1.80. The molecule has 94 valence electrons. The SMILES string of the molecule is COC(=O)CN1CC(=O)OB1c1cccc(C)n1. The van der Waals surface area contributed by atoms with Crippen molar-refractivity contribution >= 4 is 24.6 Å². The molecule has 7 heteroatoms. The number of rotatable bonds is 3. The summed E-state index contributed by atoms with van der Waals surface area (Å²) >= 11 is 0. The number of pyridine rings is 1. The smallest absolute Gasteiger partial charge is 0.508 e. The van der Waals surface area contributed by atoms with Gasteiger partial charge in [-0.25, -0.2) is 0 Å². The molecule has 0 spiro atoms. The Morgan fingerprint density at radius 3 is 3.06 bits per heavy atom. The molecule has 1 fully saturated rings. The lowest BCUT2D eigenvalue weighted by Gasteiger charge is -2.15. The summed E-state index contributed by atoms with van der Waals surface area (Å²) in [6.07, 6.45) is 0. The monoisotopic (exact) mass is 248 g/mol. The van der Waals surface area contributed by atoms with Gasteiger partial charge in [0.15, 0.2) is 0 Å². The Morgan fingerprint density at radius 2 is 2.39 bits per heavy atom. The van der Waals surface area contributed by atoms with Crippen LogP contribution < -0.4 is 5.59 Å². The summed E-state index contributed by atoms with van der Waals surface area (Å²) in [5.74, 6) is -0.779. The van der Waals surface area contributed by atoms with E-state index in [0.717, 1.165) is 5.69 Å². The van der Waals surface area contributed by atoms with Gasteiger partial charge < -0.3 is 9.39 Å². The lowest BCUT2D eigenvalue weighted by Crippen LogP contribution is -2.48. The Kier molecular flexibility index (Phi) is 3.62. The van der Waals surface area contributed by atoms with Gasteiger partial charge in [-0.15, -0.1) is 0 Å². The topological polar surface area (TPSA) is 68.7 Å². The molecule has 0 amide bonds. The van der Waals surface area contributed by atoms with Crippen LogP contribution in [0.1, 0.15) is 5.69 Å². The second-order valence-corrected chi connectivity index (χ2v) is 4.03. The van der Waals surface area contributed by atoms with Crippen molar-refractivity contribution in [1.29, 1.82) is 0 Å². The van der Waals surface area contributed by atoms with Crippen molar-refractivity contribution in [2.24, 2.45) is 0 Å². The van der Waals surface area contributed by atoms with Crippen LogP contribution in [0.2, 0.25) is 0 Å². The van der Waals surface area contributed by atoms with Crippen molar-refractivity contribution in [2.75, 3.05) is 20.2 Å². The lowest BCUT2D eigenvalue weighted by atomic mass is 9.76. The summed E-state index contributed by atoms with van der Waals surface area (Å²) in [7, 11) is 0.692. The average molecular weight is 248 g/mol. The summed E-state index contributed by atoms with van der Waals surface area (Å²) in [6, 6.07) is 5.45. The van der Waals surface area contributed by atoms with Gasteiger partial charge >= 0.3 is 19.0 Å². The number of carbonyl (C=O) groups is 2. The molecule has 0 saturated carbocycles. The maximum Gasteiger partial charge on any atom is 0.508 e. The summed E-state index contributed by atoms with van der Waals surface area (Å²) in [6.45, 7) is 1.92. The quantitative estimate of drug-likeness (QED) is 0.511. The molecule has 0 N–H and O–H groups in total. The molecule has 1 aliphatic heterocycles. The van der Waals surface area contributed by atoms with Gasteiger partial charge in [-0.05, 0) is 19.1 Å². The molecular formula is C11H13BN2O4. The van der Waals surface area contributed by atoms with Gasteiger partial charge in [0, 0.05) is 5.69 Å². The number of esters is 1. The number of nitrogens with zero attached hydrogens (tertiary/aromatic N) is 2. The van der Waals surface area contributed by atoms with E-state index in [4.69, 9.17) is 4.65 Å². The van der Waals surface area contributed by atoms with Crippen LogP contribution in [0, 0.1) is 6.92 Å². The Morgan fingerprint density at radius 1 is 1.61 bits per heavy atom. The largest absolute Gasteiger partial charge is 0.514 e. The predicted molar refractivity (Wildman–Crippen MR) is 64.0 cm³/mol. The number of ether oxygens (including phenoxy) is 1. The standard InChI is InChI=1S/C11H13BN2O4/c1-8-4-3-5-9(13-8)12-14(6-10(15)17-2)7-11(16)18-12/h3-5H,6-7H2,1-2H3. The highest BCUT2D eigenvalue weighted by Crippen LogP contribution is 2.07. The highest BCUT2D eigenvalue weighted by Gasteiger charge is 2.41. The molecule has 1 aliphatic rings. The molecular weight excluding hydrogens is 235 g/mol. The first kappa shape index (κ1) is 12.6. The summed E-state index contributed by atoms with van der Waals surface area (Å²) in [4.78, 5) is 28.5. The molecule has 0 bridgehead atoms. The second kappa shape index (κ2) is 5.18. The number of methoxy groups -OCH3 is 1. The molecule has 0 atom stereocenters. The molecule has 1 aromatic heterocycles. The Labute approximate surface area is 105 Å². The zero-order valence-electron chi connectivity index (χ0n) is 10.3. The zero-order chi connectivity index (χ0) is 13.1. The highest BCUT2D eigenvalue weighted by molar-refractivity contribution is 6.67. The van der Waals surface area contributed by atoms with Crippen LogP contribution in [0.25, 0.3) is 0 Å². The van der Waals surface area contributed by atoms with Gasteiger partial charge in [-0.2, -0.15) is 0 Å². The maximum absolute atomic E-state index is 11.3. The fourth-order valence-electron chi connectivity index (χ4n) is 1.80. The summed E-state index contributed by atoms with van der Waals surface area (Å²) in [5, 5.41) is 0. The van der Waals surface area contributed by atoms with Gasteiger partial charge in [0.25, 0.3) is 0 Å². The molecule has 0 aliphatic carbocycles. The molecule has 2 heterocycles. The van der Waals surface area contributed by atoms with Gasteiger partial charge in [0.2, 0.25) is 0 Å². The van der Waals surface area contributed by atoms with Crippen molar-refractivity contribution in [3.05, 3.63) is 23.9 Å². The van der Waals surface area contributed by atoms with E-state index < -0.39 is 13.0 Å². The van der Waals surface area contributed by atoms with E-state index >= 15 is 0 Å². The first-order chi connectivity index (χ1) is 8.60. The van der Waals surface area contributed by atoms with Gasteiger partial charge in [-0.1, -0.05) is 6.07 Å². The second-order valence-electron chi connectivity index (χ2n) is 4.03. The lowest BCUT2D eigenvalue weighted by molar-refractivity contribution is -0.140. The van der Waals surface area contributed by atoms with Gasteiger partial charge in [0.05, 0.1) is 25.8 Å². The first-order valence-corrected chi connectivity index (χ1v) is 5.54. The van der Waals surface area contributed by atoms with Crippen LogP contribution in [0.15, 0.2) is 18.2 Å². The van der Waals surface area contributed by atoms with E-state index in [1.165, 1.54) is 7.11 Å². The van der Waals surface area contributed by atoms with E-state index in [1.807, 2.05) is 19.1 Å². The highest BCUT2D eigenvalue weighted by atomic mass is 16.5. The molecule has 0 unspecified atom stereocenters. The molecule has 1 aromatic rings. The van der Waals surface area contributed by atoms with Gasteiger partial charge in [-0.3, -0.25) is 19.4 Å². The van der Waals surface area contributed by atoms with Crippen LogP contribution in [-0.4, -0.2) is 49.0 Å². The van der Waals surface area contributed by atoms with E-state index in [9.17, 15) is 9.59 Å². The van der Waals surface area contributed by atoms with Crippen molar-refractivity contribution in [3.63, 3.8) is 0 Å². The van der Waals surface area contributed by atoms with E-state index in [-0.39, 0.29) is 19.1 Å². The Bertz CT molecular complexity index is 480. The Hall–Kier alpha value is -1.89. The third-order valence-electron chi connectivity index (χ3n) is 2.63. The van der Waals surface area contributed by atoms with Crippen LogP contribution in [0.3, 0.4) is 0 Å². The van der Waals surface area contributed by atoms with Crippen LogP contribution in [0.4, 0.5) is 0 Å². The average Bonchev–Trinajstić information content (AvgIpc) is 2.70. The number of aryl methyl sites for hydroxylation is 1. The van der Waals surface area contributed by atoms with E-state index in [1.54, 1.807) is 10.9 Å². The molecule has 18 heavy (non-hydrogen) atoms. The molecule has 2 rings (SSSR count). The van der Waals surface area contributed by atoms with Crippen LogP contribution in [0.5, 0.6) is 0 Å². The van der Waals surface area contributed by atoms with Crippen molar-refractivity contribution in [2.45, 2.75) is 6.92 Å². The summed E-state index contributed by atoms with van der Waals surface area (Å²) < 4.78 is 9.76. The normalized spacial score (nSPS) is 15.7. The van der Waals surface area contributed by atoms with Crippen molar-refractivity contribution < 1.29 is 19.0 Å². The zero-order valence-corrected chi connectivity index (χ0v) is 10.3. The van der Waals surface area contributed by atoms with Crippen molar-refractivity contribution in [1.82, 2.24) is 9.79 Å². The maximum atomic E-state index is 11.3. The minimum atomic E-state index is -0.614. The van der Waals surface area contributed by atoms with Crippen molar-refractivity contribution in [3.8, 4) is 0 Å². The van der Waals surface area contributed by atoms with Crippen LogP contribution in [-0.2, 0) is 19.0 Å². The minimum absolute atomic E-state index is 0.00251. The Balaban J connectivity index is 2.19. The van der Waals surface area contributed by atoms with Crippen LogP contribution >= 0.6 is 0 Å². The molecule has 0 aromatic carbocycles. The number of aromatic nitrogens is 1. The minimum Gasteiger partial charge on any atom is -0.514 e. The first-order valence-electron chi connectivity index (χ1n) is 5.54. The fraction of sp³-hybridized carbons (Fsp3) is 0.364. The van der Waals surface area contributed by atoms with E-state index in [2.05, 4.69) is 9.72 Å². The molecule has 0 radical (unpaired) electrons. The molecule has 6 nitrogen and oxygen atoms in total. The summed E-state index contributed by atoms with van der Waals surface area (Å²) in [5.41, 5.74) is 1.44. The number of hydrogen-bond acceptors (Lipinski definition) is 6. The predicted octanol–water partition coefficient (Wildman–Crippen LogP) is -0.883. The third-order valence-corrected chi connectivity index (χ3v) is 2.63. The van der Waals surface area contributed by atoms with E-state index in [0.29, 0.717) is 5.59 Å².